The van der Waals surface area contributed by atoms with Gasteiger partial charge in [0, 0.05) is 72.4 Å². The number of thioether (sulfide) groups is 1. The lowest BCUT2D eigenvalue weighted by molar-refractivity contribution is 0.0509. The molecule has 20 heteroatoms. The Morgan fingerprint density at radius 2 is 1.18 bits per heavy atom. The summed E-state index contributed by atoms with van der Waals surface area (Å²) in [4.78, 5) is 40.4. The minimum absolute atomic E-state index is 0.0368. The smallest absolute Gasteiger partial charge is 0.362 e. The number of aromatic nitrogens is 6. The highest BCUT2D eigenvalue weighted by molar-refractivity contribution is 7.98. The van der Waals surface area contributed by atoms with Crippen LogP contribution in [0.4, 0.5) is 17.6 Å². The number of likely N-dealkylation sites (tertiary alicyclic amines) is 1. The van der Waals surface area contributed by atoms with E-state index in [9.17, 15) is 9.59 Å². The predicted octanol–water partition coefficient (Wildman–Crippen LogP) is 6.87. The second-order valence-electron chi connectivity index (χ2n) is 12.8. The molecule has 0 bridgehead atoms. The monoisotopic (exact) mass is 879 g/mol. The number of carbonyl (C=O) groups excluding carboxylic acids is 2. The quantitative estimate of drug-likeness (QED) is 0.0938. The molecular formula is C37H45Cl4N11O4S. The average Bonchev–Trinajstić information content (AvgIpc) is 3.74. The lowest BCUT2D eigenvalue weighted by Gasteiger charge is -2.35. The first-order chi connectivity index (χ1) is 27.6. The molecule has 2 aliphatic heterocycles. The Labute approximate surface area is 356 Å². The minimum atomic E-state index is -0.579. The van der Waals surface area contributed by atoms with Gasteiger partial charge >= 0.3 is 11.9 Å². The molecule has 15 nitrogen and oxygen atoms in total. The Morgan fingerprint density at radius 1 is 0.684 bits per heavy atom. The van der Waals surface area contributed by atoms with Gasteiger partial charge in [0.2, 0.25) is 22.5 Å². The zero-order valence-electron chi connectivity index (χ0n) is 31.9. The molecule has 0 spiro atoms. The first-order valence-electron chi connectivity index (χ1n) is 18.5. The van der Waals surface area contributed by atoms with E-state index in [-0.39, 0.29) is 24.6 Å². The predicted molar refractivity (Wildman–Crippen MR) is 225 cm³/mol. The summed E-state index contributed by atoms with van der Waals surface area (Å²) in [5.41, 5.74) is 1.73. The van der Waals surface area contributed by atoms with Crippen LogP contribution in [0.15, 0.2) is 41.6 Å². The van der Waals surface area contributed by atoms with E-state index < -0.39 is 11.9 Å². The van der Waals surface area contributed by atoms with E-state index in [1.807, 2.05) is 12.3 Å². The number of nitrogens with zero attached hydrogens (tertiary/aromatic N) is 9. The van der Waals surface area contributed by atoms with Crippen molar-refractivity contribution in [3.8, 4) is 0 Å². The molecule has 0 unspecified atom stereocenters. The van der Waals surface area contributed by atoms with Gasteiger partial charge in [0.25, 0.3) is 0 Å². The van der Waals surface area contributed by atoms with E-state index in [0.717, 1.165) is 50.4 Å². The zero-order valence-corrected chi connectivity index (χ0v) is 35.8. The van der Waals surface area contributed by atoms with Crippen molar-refractivity contribution in [2.45, 2.75) is 44.9 Å². The van der Waals surface area contributed by atoms with Gasteiger partial charge in [-0.15, -0.1) is 20.4 Å². The summed E-state index contributed by atoms with van der Waals surface area (Å²) in [5.74, 6) is -0.0213. The summed E-state index contributed by atoms with van der Waals surface area (Å²) in [6.45, 7) is 12.8. The molecule has 6 rings (SSSR count). The van der Waals surface area contributed by atoms with Crippen LogP contribution in [0.3, 0.4) is 0 Å². The van der Waals surface area contributed by atoms with Crippen molar-refractivity contribution in [1.82, 2.24) is 40.2 Å². The standard InChI is InChI=1S/C23H31Cl2N7O2.C14H14Cl2N4O2S/c1-2-34-22(33)20-21(26-16-17-5-6-18(24)15-19(17)25)27-23(29-28-20)32-13-11-31(12-14-32)10-9-30-7-3-4-8-30;1-3-22-13(21)11-12(18-14(23-2)20-19-11)17-7-8-4-5-9(15)6-10(8)16/h5-6,15H,2-4,7-14,16H2,1H3,(H,26,27,29);4-6H,3,7H2,1-2H3,(H,17,18,20). The summed E-state index contributed by atoms with van der Waals surface area (Å²) in [5, 5.41) is 25.0. The lowest BCUT2D eigenvalue weighted by atomic mass is 10.2. The topological polar surface area (TPSA) is 164 Å². The van der Waals surface area contributed by atoms with Crippen LogP contribution in [0.25, 0.3) is 0 Å². The van der Waals surface area contributed by atoms with Gasteiger partial charge in [-0.2, -0.15) is 4.98 Å². The van der Waals surface area contributed by atoms with E-state index in [1.165, 1.54) is 37.7 Å². The number of esters is 2. The SMILES string of the molecule is CCOC(=O)c1nnc(N2CCN(CCN3CCCC3)CC2)nc1NCc1ccc(Cl)cc1Cl.CCOC(=O)c1nnc(SC)nc1NCc1ccc(Cl)cc1Cl. The van der Waals surface area contributed by atoms with Crippen LogP contribution >= 0.6 is 58.2 Å². The highest BCUT2D eigenvalue weighted by Gasteiger charge is 2.24. The number of nitrogens with one attached hydrogen (secondary N) is 2. The van der Waals surface area contributed by atoms with Crippen molar-refractivity contribution in [2.24, 2.45) is 0 Å². The van der Waals surface area contributed by atoms with Crippen molar-refractivity contribution in [2.75, 3.05) is 87.4 Å². The Bertz CT molecular complexity index is 1970. The van der Waals surface area contributed by atoms with E-state index >= 15 is 0 Å². The normalized spacial score (nSPS) is 14.5. The van der Waals surface area contributed by atoms with Gasteiger partial charge in [-0.1, -0.05) is 70.3 Å². The largest absolute Gasteiger partial charge is 0.461 e. The van der Waals surface area contributed by atoms with Gasteiger partial charge < -0.3 is 29.9 Å². The Hall–Kier alpha value is -3.77. The number of carbonyl (C=O) groups is 2. The molecule has 0 amide bonds. The summed E-state index contributed by atoms with van der Waals surface area (Å²) >= 11 is 25.6. The van der Waals surface area contributed by atoms with Gasteiger partial charge in [-0.05, 0) is 81.4 Å². The van der Waals surface area contributed by atoms with Crippen molar-refractivity contribution in [1.29, 1.82) is 0 Å². The molecule has 2 saturated heterocycles. The minimum Gasteiger partial charge on any atom is -0.461 e. The highest BCUT2D eigenvalue weighted by Crippen LogP contribution is 2.25. The fraction of sp³-hybridized carbons (Fsp3) is 0.459. The molecule has 2 fully saturated rings. The molecule has 0 atom stereocenters. The number of ether oxygens (including phenoxy) is 2. The molecule has 2 N–H and O–H groups in total. The first-order valence-corrected chi connectivity index (χ1v) is 21.2. The van der Waals surface area contributed by atoms with E-state index in [0.29, 0.717) is 55.9 Å². The maximum atomic E-state index is 12.4. The van der Waals surface area contributed by atoms with Crippen molar-refractivity contribution in [3.63, 3.8) is 0 Å². The van der Waals surface area contributed by atoms with Gasteiger partial charge in [0.1, 0.15) is 0 Å². The van der Waals surface area contributed by atoms with E-state index in [1.54, 1.807) is 44.2 Å². The van der Waals surface area contributed by atoms with E-state index in [2.05, 4.69) is 55.7 Å². The number of halogens is 4. The van der Waals surface area contributed by atoms with Crippen LogP contribution in [0.1, 0.15) is 58.8 Å². The van der Waals surface area contributed by atoms with Gasteiger partial charge in [0.05, 0.1) is 13.2 Å². The Morgan fingerprint density at radius 3 is 1.67 bits per heavy atom. The second kappa shape index (κ2) is 22.4. The van der Waals surface area contributed by atoms with Crippen LogP contribution in [0.2, 0.25) is 20.1 Å². The second-order valence-corrected chi connectivity index (χ2v) is 15.3. The molecule has 2 aromatic carbocycles. The zero-order chi connectivity index (χ0) is 40.7. The first kappa shape index (κ1) is 44.3. The van der Waals surface area contributed by atoms with Gasteiger partial charge in [0.15, 0.2) is 11.6 Å². The summed E-state index contributed by atoms with van der Waals surface area (Å²) in [7, 11) is 0. The molecule has 0 radical (unpaired) electrons. The average molecular weight is 882 g/mol. The van der Waals surface area contributed by atoms with Gasteiger partial charge in [-0.3, -0.25) is 4.90 Å². The number of rotatable bonds is 15. The summed E-state index contributed by atoms with van der Waals surface area (Å²) < 4.78 is 10.1. The molecule has 0 saturated carbocycles. The van der Waals surface area contributed by atoms with Crippen LogP contribution < -0.4 is 15.5 Å². The Balaban J connectivity index is 0.000000235. The maximum Gasteiger partial charge on any atom is 0.362 e. The van der Waals surface area contributed by atoms with Crippen molar-refractivity contribution >= 4 is 87.7 Å². The summed E-state index contributed by atoms with van der Waals surface area (Å²) in [6, 6.07) is 10.5. The molecule has 306 valence electrons. The molecule has 4 heterocycles. The van der Waals surface area contributed by atoms with Crippen LogP contribution in [0.5, 0.6) is 0 Å². The number of piperazine rings is 1. The lowest BCUT2D eigenvalue weighted by Crippen LogP contribution is -2.49. The fourth-order valence-electron chi connectivity index (χ4n) is 5.92. The van der Waals surface area contributed by atoms with Crippen LogP contribution in [-0.4, -0.2) is 124 Å². The number of hydrogen-bond donors (Lipinski definition) is 2. The van der Waals surface area contributed by atoms with Crippen LogP contribution in [0, 0.1) is 0 Å². The molecular weight excluding hydrogens is 836 g/mol. The molecule has 2 aliphatic rings. The highest BCUT2D eigenvalue weighted by atomic mass is 35.5. The third-order valence-electron chi connectivity index (χ3n) is 8.97. The summed E-state index contributed by atoms with van der Waals surface area (Å²) in [6.07, 6.45) is 4.46. The molecule has 4 aromatic rings. The molecule has 2 aromatic heterocycles. The Kier molecular flexibility index (Phi) is 17.4. The maximum absolute atomic E-state index is 12.4. The van der Waals surface area contributed by atoms with Crippen molar-refractivity contribution in [3.05, 3.63) is 79.0 Å². The third kappa shape index (κ3) is 13.1. The van der Waals surface area contributed by atoms with Crippen LogP contribution in [-0.2, 0) is 22.6 Å². The molecule has 0 aliphatic carbocycles. The number of hydrogen-bond acceptors (Lipinski definition) is 16. The third-order valence-corrected chi connectivity index (χ3v) is 10.7. The number of benzene rings is 2. The number of anilines is 3. The molecule has 57 heavy (non-hydrogen) atoms. The van der Waals surface area contributed by atoms with Gasteiger partial charge in [-0.25, -0.2) is 14.6 Å². The van der Waals surface area contributed by atoms with Crippen molar-refractivity contribution < 1.29 is 19.1 Å². The van der Waals surface area contributed by atoms with E-state index in [4.69, 9.17) is 55.9 Å². The fourth-order valence-corrected chi connectivity index (χ4v) is 7.17.